The van der Waals surface area contributed by atoms with Crippen LogP contribution in [0.2, 0.25) is 0 Å². The largest absolute Gasteiger partial charge is 0.381 e. The van der Waals surface area contributed by atoms with E-state index in [1.807, 2.05) is 0 Å². The third-order valence-corrected chi connectivity index (χ3v) is 2.17. The van der Waals surface area contributed by atoms with Crippen LogP contribution in [0.4, 0.5) is 0 Å². The smallest absolute Gasteiger partial charge is 0.234 e. The van der Waals surface area contributed by atoms with E-state index in [9.17, 15) is 9.59 Å². The summed E-state index contributed by atoms with van der Waals surface area (Å²) in [5, 5.41) is 0. The van der Waals surface area contributed by atoms with Gasteiger partial charge in [0.25, 0.3) is 0 Å². The molecule has 13 heavy (non-hydrogen) atoms. The molecule has 0 aliphatic carbocycles. The highest BCUT2D eigenvalue weighted by Gasteiger charge is 2.25. The molecule has 0 aromatic carbocycles. The van der Waals surface area contributed by atoms with Gasteiger partial charge in [0.05, 0.1) is 12.6 Å². The second-order valence-corrected chi connectivity index (χ2v) is 3.24. The minimum Gasteiger partial charge on any atom is -0.381 e. The van der Waals surface area contributed by atoms with Gasteiger partial charge in [-0.25, -0.2) is 0 Å². The van der Waals surface area contributed by atoms with E-state index in [4.69, 9.17) is 16.2 Å². The number of nitrogens with two attached hydrogens (primary N) is 2. The summed E-state index contributed by atoms with van der Waals surface area (Å²) >= 11 is 0. The standard InChI is InChI=1S/C8H14N2O3/c9-6(8(10)12)3-7(11)5-1-2-13-4-5/h5-6H,1-4,9H2,(H2,10,12). The maximum Gasteiger partial charge on any atom is 0.234 e. The Balaban J connectivity index is 2.35. The zero-order valence-corrected chi connectivity index (χ0v) is 7.36. The highest BCUT2D eigenvalue weighted by molar-refractivity contribution is 5.89. The molecule has 5 heteroatoms. The summed E-state index contributed by atoms with van der Waals surface area (Å²) in [6.45, 7) is 1.06. The van der Waals surface area contributed by atoms with Gasteiger partial charge in [-0.1, -0.05) is 0 Å². The van der Waals surface area contributed by atoms with Crippen LogP contribution in [0.1, 0.15) is 12.8 Å². The first-order chi connectivity index (χ1) is 6.11. The number of ketones is 1. The maximum absolute atomic E-state index is 11.4. The number of rotatable bonds is 4. The molecule has 1 amide bonds. The van der Waals surface area contributed by atoms with E-state index in [0.717, 1.165) is 6.42 Å². The van der Waals surface area contributed by atoms with Gasteiger partial charge in [-0.15, -0.1) is 0 Å². The summed E-state index contributed by atoms with van der Waals surface area (Å²) in [6, 6.07) is -0.854. The second-order valence-electron chi connectivity index (χ2n) is 3.24. The molecule has 0 spiro atoms. The Hall–Kier alpha value is -0.940. The quantitative estimate of drug-likeness (QED) is 0.576. The van der Waals surface area contributed by atoms with Crippen LogP contribution in [0, 0.1) is 5.92 Å². The zero-order valence-electron chi connectivity index (χ0n) is 7.36. The van der Waals surface area contributed by atoms with Crippen LogP contribution in [0.15, 0.2) is 0 Å². The second kappa shape index (κ2) is 4.34. The molecule has 1 saturated heterocycles. The molecule has 0 radical (unpaired) electrons. The minimum absolute atomic E-state index is 0.0243. The number of carbonyl (C=O) groups excluding carboxylic acids is 2. The normalized spacial score (nSPS) is 24.2. The van der Waals surface area contributed by atoms with Crippen molar-refractivity contribution in [2.24, 2.45) is 17.4 Å². The van der Waals surface area contributed by atoms with E-state index >= 15 is 0 Å². The molecule has 1 aliphatic rings. The van der Waals surface area contributed by atoms with Crippen LogP contribution in [0.3, 0.4) is 0 Å². The molecular formula is C8H14N2O3. The van der Waals surface area contributed by atoms with Crippen LogP contribution < -0.4 is 11.5 Å². The van der Waals surface area contributed by atoms with Crippen molar-refractivity contribution in [3.05, 3.63) is 0 Å². The highest BCUT2D eigenvalue weighted by atomic mass is 16.5. The fourth-order valence-corrected chi connectivity index (χ4v) is 1.27. The summed E-state index contributed by atoms with van der Waals surface area (Å²) < 4.78 is 5.04. The van der Waals surface area contributed by atoms with Crippen LogP contribution in [-0.2, 0) is 14.3 Å². The van der Waals surface area contributed by atoms with Gasteiger partial charge in [-0.05, 0) is 6.42 Å². The molecule has 1 aliphatic heterocycles. The topological polar surface area (TPSA) is 95.4 Å². The number of carbonyl (C=O) groups is 2. The number of hydrogen-bond acceptors (Lipinski definition) is 4. The molecule has 4 N–H and O–H groups in total. The van der Waals surface area contributed by atoms with Crippen LogP contribution in [0.5, 0.6) is 0 Å². The lowest BCUT2D eigenvalue weighted by Gasteiger charge is -2.09. The molecule has 0 aromatic rings. The van der Waals surface area contributed by atoms with Crippen LogP contribution in [-0.4, -0.2) is 30.9 Å². The van der Waals surface area contributed by atoms with Crippen molar-refractivity contribution in [1.29, 1.82) is 0 Å². The van der Waals surface area contributed by atoms with E-state index in [2.05, 4.69) is 0 Å². The summed E-state index contributed by atoms with van der Waals surface area (Å²) in [5.74, 6) is -0.749. The van der Waals surface area contributed by atoms with Gasteiger partial charge in [-0.2, -0.15) is 0 Å². The van der Waals surface area contributed by atoms with Crippen molar-refractivity contribution < 1.29 is 14.3 Å². The monoisotopic (exact) mass is 186 g/mol. The first-order valence-corrected chi connectivity index (χ1v) is 4.26. The molecule has 0 bridgehead atoms. The Morgan fingerprint density at radius 1 is 1.54 bits per heavy atom. The van der Waals surface area contributed by atoms with Gasteiger partial charge in [-0.3, -0.25) is 9.59 Å². The predicted molar refractivity (Wildman–Crippen MR) is 45.7 cm³/mol. The molecular weight excluding hydrogens is 172 g/mol. The predicted octanol–water partition coefficient (Wildman–Crippen LogP) is -1.21. The van der Waals surface area contributed by atoms with Gasteiger partial charge in [0.1, 0.15) is 5.78 Å². The first-order valence-electron chi connectivity index (χ1n) is 4.26. The summed E-state index contributed by atoms with van der Waals surface area (Å²) in [5.41, 5.74) is 10.3. The van der Waals surface area contributed by atoms with Crippen molar-refractivity contribution in [3.8, 4) is 0 Å². The van der Waals surface area contributed by atoms with Crippen molar-refractivity contribution in [3.63, 3.8) is 0 Å². The lowest BCUT2D eigenvalue weighted by atomic mass is 9.98. The number of hydrogen-bond donors (Lipinski definition) is 2. The van der Waals surface area contributed by atoms with Gasteiger partial charge < -0.3 is 16.2 Å². The number of ether oxygens (including phenoxy) is 1. The van der Waals surface area contributed by atoms with Gasteiger partial charge in [0.2, 0.25) is 5.91 Å². The molecule has 2 unspecified atom stereocenters. The SMILES string of the molecule is NC(=O)C(N)CC(=O)C1CCOC1. The minimum atomic E-state index is -0.854. The molecule has 5 nitrogen and oxygen atoms in total. The Morgan fingerprint density at radius 2 is 2.23 bits per heavy atom. The van der Waals surface area contributed by atoms with Gasteiger partial charge in [0, 0.05) is 18.9 Å². The van der Waals surface area contributed by atoms with Crippen molar-refractivity contribution in [2.75, 3.05) is 13.2 Å². The van der Waals surface area contributed by atoms with Crippen molar-refractivity contribution >= 4 is 11.7 Å². The lowest BCUT2D eigenvalue weighted by Crippen LogP contribution is -2.39. The molecule has 2 atom stereocenters. The van der Waals surface area contributed by atoms with Crippen molar-refractivity contribution in [1.82, 2.24) is 0 Å². The van der Waals surface area contributed by atoms with Gasteiger partial charge >= 0.3 is 0 Å². The van der Waals surface area contributed by atoms with Crippen LogP contribution in [0.25, 0.3) is 0 Å². The third-order valence-electron chi connectivity index (χ3n) is 2.17. The zero-order chi connectivity index (χ0) is 9.84. The Bertz CT molecular complexity index is 211. The average Bonchev–Trinajstić information content (AvgIpc) is 2.55. The fourth-order valence-electron chi connectivity index (χ4n) is 1.27. The molecule has 74 valence electrons. The Labute approximate surface area is 76.4 Å². The van der Waals surface area contributed by atoms with Crippen LogP contribution >= 0.6 is 0 Å². The van der Waals surface area contributed by atoms with E-state index in [-0.39, 0.29) is 18.1 Å². The van der Waals surface area contributed by atoms with Gasteiger partial charge in [0.15, 0.2) is 0 Å². The highest BCUT2D eigenvalue weighted by Crippen LogP contribution is 2.15. The first kappa shape index (κ1) is 10.1. The average molecular weight is 186 g/mol. The summed E-state index contributed by atoms with van der Waals surface area (Å²) in [4.78, 5) is 22.0. The molecule has 1 heterocycles. The lowest BCUT2D eigenvalue weighted by molar-refractivity contribution is -0.127. The fraction of sp³-hybridized carbons (Fsp3) is 0.750. The Kier molecular flexibility index (Phi) is 3.39. The van der Waals surface area contributed by atoms with Crippen molar-refractivity contribution in [2.45, 2.75) is 18.9 Å². The maximum atomic E-state index is 11.4. The van der Waals surface area contributed by atoms with E-state index in [0.29, 0.717) is 13.2 Å². The summed E-state index contributed by atoms with van der Waals surface area (Å²) in [6.07, 6.45) is 0.758. The number of amides is 1. The molecule has 0 saturated carbocycles. The summed E-state index contributed by atoms with van der Waals surface area (Å²) in [7, 11) is 0. The Morgan fingerprint density at radius 3 is 2.69 bits per heavy atom. The number of primary amides is 1. The van der Waals surface area contributed by atoms with E-state index < -0.39 is 11.9 Å². The molecule has 0 aromatic heterocycles. The molecule has 1 rings (SSSR count). The number of Topliss-reactive ketones (excluding diaryl/α,β-unsaturated/α-hetero) is 1. The third kappa shape index (κ3) is 2.78. The van der Waals surface area contributed by atoms with E-state index in [1.54, 1.807) is 0 Å². The molecule has 1 fully saturated rings. The van der Waals surface area contributed by atoms with E-state index in [1.165, 1.54) is 0 Å².